The first kappa shape index (κ1) is 17.0. The topological polar surface area (TPSA) is 98.0 Å². The molecule has 3 N–H and O–H groups in total. The lowest BCUT2D eigenvalue weighted by atomic mass is 9.85. The number of nitrogens with two attached hydrogens (primary N) is 1. The number of nitrogens with zero attached hydrogens (tertiary/aromatic N) is 2. The lowest BCUT2D eigenvalue weighted by molar-refractivity contribution is 0.0921. The highest BCUT2D eigenvalue weighted by molar-refractivity contribution is 6.26. The molecule has 2 atom stereocenters. The maximum Gasteiger partial charge on any atom is 0.253 e. The summed E-state index contributed by atoms with van der Waals surface area (Å²) in [6.45, 7) is 0. The van der Waals surface area contributed by atoms with Gasteiger partial charge in [0, 0.05) is 34.2 Å². The number of amides is 1. The van der Waals surface area contributed by atoms with Crippen molar-refractivity contribution in [2.24, 2.45) is 5.73 Å². The van der Waals surface area contributed by atoms with Crippen LogP contribution in [0.1, 0.15) is 52.0 Å². The molecule has 1 heterocycles. The quantitative estimate of drug-likeness (QED) is 0.564. The number of nitrogens with one attached hydrogen (secondary N) is 1. The Hall–Kier alpha value is -3.12. The van der Waals surface area contributed by atoms with Crippen molar-refractivity contribution in [2.45, 2.75) is 37.8 Å². The van der Waals surface area contributed by atoms with E-state index >= 15 is 0 Å². The van der Waals surface area contributed by atoms with Gasteiger partial charge in [0.15, 0.2) is 5.78 Å². The molecule has 6 nitrogen and oxygen atoms in total. The Kier molecular flexibility index (Phi) is 3.94. The Balaban J connectivity index is 1.63. The summed E-state index contributed by atoms with van der Waals surface area (Å²) in [6.07, 6.45) is 5.42. The van der Waals surface area contributed by atoms with Crippen LogP contribution in [0.5, 0.6) is 0 Å². The monoisotopic (exact) mass is 372 g/mol. The zero-order chi connectivity index (χ0) is 19.3. The molecule has 1 amide bonds. The molecule has 0 saturated heterocycles. The van der Waals surface area contributed by atoms with Crippen LogP contribution in [-0.4, -0.2) is 33.7 Å². The van der Waals surface area contributed by atoms with E-state index in [9.17, 15) is 9.59 Å². The van der Waals surface area contributed by atoms with E-state index in [-0.39, 0.29) is 23.8 Å². The predicted molar refractivity (Wildman–Crippen MR) is 106 cm³/mol. The molecule has 2 aromatic carbocycles. The van der Waals surface area contributed by atoms with E-state index < -0.39 is 0 Å². The SMILES string of the molecule is N[C@H]1CCCC[C@H]1NC(=O)c1ccc2c3c(ncnc13)-c1ccccc1C2=O. The Morgan fingerprint density at radius 2 is 1.79 bits per heavy atom. The molecule has 0 unspecified atom stereocenters. The molecule has 28 heavy (non-hydrogen) atoms. The highest BCUT2D eigenvalue weighted by Crippen LogP contribution is 2.38. The number of rotatable bonds is 2. The second-order valence-electron chi connectivity index (χ2n) is 7.51. The molecule has 3 aromatic rings. The van der Waals surface area contributed by atoms with Crippen molar-refractivity contribution in [3.05, 3.63) is 59.4 Å². The van der Waals surface area contributed by atoms with Crippen LogP contribution in [0.25, 0.3) is 22.2 Å². The average Bonchev–Trinajstić information content (AvgIpc) is 2.73. The van der Waals surface area contributed by atoms with Crippen LogP contribution < -0.4 is 11.1 Å². The minimum Gasteiger partial charge on any atom is -0.348 e. The fourth-order valence-corrected chi connectivity index (χ4v) is 4.37. The number of benzene rings is 2. The van der Waals surface area contributed by atoms with Crippen molar-refractivity contribution in [2.75, 3.05) is 0 Å². The molecule has 2 aliphatic rings. The molecule has 0 aliphatic heterocycles. The average molecular weight is 372 g/mol. The summed E-state index contributed by atoms with van der Waals surface area (Å²) < 4.78 is 0. The van der Waals surface area contributed by atoms with Gasteiger partial charge < -0.3 is 11.1 Å². The number of hydrogen-bond acceptors (Lipinski definition) is 5. The summed E-state index contributed by atoms with van der Waals surface area (Å²) in [5.74, 6) is -0.269. The van der Waals surface area contributed by atoms with Crippen molar-refractivity contribution < 1.29 is 9.59 Å². The molecular formula is C22H20N4O2. The molecule has 2 aliphatic carbocycles. The van der Waals surface area contributed by atoms with Gasteiger partial charge in [0.05, 0.1) is 16.8 Å². The van der Waals surface area contributed by atoms with Crippen molar-refractivity contribution >= 4 is 22.6 Å². The van der Waals surface area contributed by atoms with Crippen LogP contribution in [0, 0.1) is 0 Å². The fraction of sp³-hybridized carbons (Fsp3) is 0.273. The molecule has 1 fully saturated rings. The first-order chi connectivity index (χ1) is 13.6. The Labute approximate surface area is 162 Å². The summed E-state index contributed by atoms with van der Waals surface area (Å²) in [5.41, 5.74) is 9.77. The highest BCUT2D eigenvalue weighted by Gasteiger charge is 2.29. The van der Waals surface area contributed by atoms with Gasteiger partial charge in [0.25, 0.3) is 5.91 Å². The van der Waals surface area contributed by atoms with Gasteiger partial charge in [0.2, 0.25) is 0 Å². The number of fused-ring (bicyclic) bond motifs is 2. The lowest BCUT2D eigenvalue weighted by Gasteiger charge is -2.29. The maximum atomic E-state index is 13.0. The van der Waals surface area contributed by atoms with E-state index in [0.29, 0.717) is 33.3 Å². The summed E-state index contributed by atoms with van der Waals surface area (Å²) in [6, 6.07) is 10.7. The standard InChI is InChI=1S/C22H20N4O2/c23-16-7-3-4-8-17(16)26-22(28)15-10-9-14-18-19(24-11-25-20(15)18)12-5-1-2-6-13(12)21(14)27/h1-2,5-6,9-11,16-17H,3-4,7-8,23H2,(H,26,28)/t16-,17+/m0/s1. The third kappa shape index (κ3) is 2.52. The molecule has 0 bridgehead atoms. The lowest BCUT2D eigenvalue weighted by Crippen LogP contribution is -2.49. The van der Waals surface area contributed by atoms with Gasteiger partial charge >= 0.3 is 0 Å². The van der Waals surface area contributed by atoms with E-state index in [2.05, 4.69) is 15.3 Å². The van der Waals surface area contributed by atoms with Crippen molar-refractivity contribution in [1.29, 1.82) is 0 Å². The van der Waals surface area contributed by atoms with E-state index in [1.165, 1.54) is 6.33 Å². The Morgan fingerprint density at radius 1 is 1.00 bits per heavy atom. The van der Waals surface area contributed by atoms with Crippen LogP contribution in [0.15, 0.2) is 42.7 Å². The maximum absolute atomic E-state index is 13.0. The summed E-state index contributed by atoms with van der Waals surface area (Å²) in [5, 5.41) is 3.72. The molecule has 6 heteroatoms. The van der Waals surface area contributed by atoms with Crippen LogP contribution in [0.2, 0.25) is 0 Å². The molecule has 5 rings (SSSR count). The van der Waals surface area contributed by atoms with E-state index in [0.717, 1.165) is 31.2 Å². The number of carbonyl (C=O) groups excluding carboxylic acids is 2. The number of ketones is 1. The van der Waals surface area contributed by atoms with Crippen molar-refractivity contribution in [3.63, 3.8) is 0 Å². The molecule has 0 spiro atoms. The van der Waals surface area contributed by atoms with Crippen LogP contribution in [-0.2, 0) is 0 Å². The summed E-state index contributed by atoms with van der Waals surface area (Å²) >= 11 is 0. The van der Waals surface area contributed by atoms with Crippen LogP contribution >= 0.6 is 0 Å². The zero-order valence-electron chi connectivity index (χ0n) is 15.3. The van der Waals surface area contributed by atoms with Gasteiger partial charge in [-0.1, -0.05) is 37.1 Å². The zero-order valence-corrected chi connectivity index (χ0v) is 15.3. The van der Waals surface area contributed by atoms with Gasteiger partial charge in [-0.3, -0.25) is 9.59 Å². The van der Waals surface area contributed by atoms with Crippen molar-refractivity contribution in [3.8, 4) is 11.3 Å². The Morgan fingerprint density at radius 3 is 2.61 bits per heavy atom. The predicted octanol–water partition coefficient (Wildman–Crippen LogP) is 2.84. The van der Waals surface area contributed by atoms with Gasteiger partial charge in [-0.05, 0) is 25.0 Å². The van der Waals surface area contributed by atoms with E-state index in [1.807, 2.05) is 18.2 Å². The van der Waals surface area contributed by atoms with Gasteiger partial charge in [-0.25, -0.2) is 9.97 Å². The van der Waals surface area contributed by atoms with Gasteiger partial charge in [-0.15, -0.1) is 0 Å². The van der Waals surface area contributed by atoms with E-state index in [4.69, 9.17) is 5.73 Å². The van der Waals surface area contributed by atoms with Gasteiger partial charge in [-0.2, -0.15) is 0 Å². The Bertz CT molecular complexity index is 1120. The molecule has 140 valence electrons. The van der Waals surface area contributed by atoms with Crippen LogP contribution in [0.3, 0.4) is 0 Å². The van der Waals surface area contributed by atoms with E-state index in [1.54, 1.807) is 18.2 Å². The second-order valence-corrected chi connectivity index (χ2v) is 7.51. The molecule has 1 aromatic heterocycles. The number of carbonyl (C=O) groups is 2. The minimum absolute atomic E-state index is 0.0271. The molecule has 1 saturated carbocycles. The normalized spacial score (nSPS) is 20.7. The number of aromatic nitrogens is 2. The minimum atomic E-state index is -0.204. The number of hydrogen-bond donors (Lipinski definition) is 2. The second kappa shape index (κ2) is 6.49. The molecule has 0 radical (unpaired) electrons. The fourth-order valence-electron chi connectivity index (χ4n) is 4.37. The van der Waals surface area contributed by atoms with Crippen LogP contribution in [0.4, 0.5) is 0 Å². The summed E-state index contributed by atoms with van der Waals surface area (Å²) in [4.78, 5) is 34.8. The highest BCUT2D eigenvalue weighted by atomic mass is 16.1. The van der Waals surface area contributed by atoms with Gasteiger partial charge in [0.1, 0.15) is 6.33 Å². The smallest absolute Gasteiger partial charge is 0.253 e. The summed E-state index contributed by atoms with van der Waals surface area (Å²) in [7, 11) is 0. The largest absolute Gasteiger partial charge is 0.348 e. The van der Waals surface area contributed by atoms with Crippen molar-refractivity contribution in [1.82, 2.24) is 15.3 Å². The third-order valence-electron chi connectivity index (χ3n) is 5.84. The third-order valence-corrected chi connectivity index (χ3v) is 5.84. The first-order valence-corrected chi connectivity index (χ1v) is 9.63. The first-order valence-electron chi connectivity index (χ1n) is 9.63. The molecular weight excluding hydrogens is 352 g/mol.